The van der Waals surface area contributed by atoms with Crippen LogP contribution in [0.5, 0.6) is 0 Å². The summed E-state index contributed by atoms with van der Waals surface area (Å²) in [6, 6.07) is 0. The highest BCUT2D eigenvalue weighted by molar-refractivity contribution is 5.71. The molecule has 0 aliphatic rings. The fourth-order valence-electron chi connectivity index (χ4n) is 9.01. The number of rotatable bonds is 57. The fourth-order valence-corrected chi connectivity index (χ4v) is 9.01. The Kier molecular flexibility index (Phi) is 58.2. The van der Waals surface area contributed by atoms with Crippen LogP contribution < -0.4 is 0 Å². The normalized spacial score (nSPS) is 12.4. The number of carbonyl (C=O) groups is 3. The third-order valence-electron chi connectivity index (χ3n) is 13.7. The summed E-state index contributed by atoms with van der Waals surface area (Å²) in [5, 5.41) is 0. The van der Waals surface area contributed by atoms with Crippen LogP contribution in [0.3, 0.4) is 0 Å². The topological polar surface area (TPSA) is 78.9 Å². The van der Waals surface area contributed by atoms with E-state index in [4.69, 9.17) is 14.2 Å². The molecule has 0 radical (unpaired) electrons. The molecule has 0 saturated heterocycles. The predicted octanol–water partition coefficient (Wildman–Crippen LogP) is 21.2. The highest BCUT2D eigenvalue weighted by Crippen LogP contribution is 2.16. The molecule has 0 aromatic heterocycles. The first-order valence-corrected chi connectivity index (χ1v) is 31.3. The van der Waals surface area contributed by atoms with E-state index in [0.717, 1.165) is 89.9 Å². The first-order chi connectivity index (χ1) is 35.5. The van der Waals surface area contributed by atoms with Crippen molar-refractivity contribution in [1.29, 1.82) is 0 Å². The Morgan fingerprint density at radius 3 is 0.806 bits per heavy atom. The molecule has 6 heteroatoms. The molecule has 0 saturated carbocycles. The Labute approximate surface area is 447 Å². The summed E-state index contributed by atoms with van der Waals surface area (Å²) < 4.78 is 16.9. The largest absolute Gasteiger partial charge is 0.462 e. The van der Waals surface area contributed by atoms with E-state index in [0.29, 0.717) is 19.3 Å². The number of ether oxygens (including phenoxy) is 3. The first kappa shape index (κ1) is 69.1. The zero-order valence-electron chi connectivity index (χ0n) is 47.9. The van der Waals surface area contributed by atoms with Crippen molar-refractivity contribution in [2.24, 2.45) is 0 Å². The molecular weight excluding hydrogens is 889 g/mol. The molecule has 1 atom stereocenters. The molecule has 0 heterocycles. The highest BCUT2D eigenvalue weighted by Gasteiger charge is 2.19. The molecule has 0 fully saturated rings. The smallest absolute Gasteiger partial charge is 0.306 e. The third-order valence-corrected chi connectivity index (χ3v) is 13.7. The summed E-state index contributed by atoms with van der Waals surface area (Å²) in [6.45, 7) is 6.63. The van der Waals surface area contributed by atoms with Gasteiger partial charge in [-0.25, -0.2) is 0 Å². The Morgan fingerprint density at radius 2 is 0.500 bits per heavy atom. The average Bonchev–Trinajstić information content (AvgIpc) is 3.38. The van der Waals surface area contributed by atoms with Gasteiger partial charge in [0.15, 0.2) is 6.10 Å². The molecule has 0 aromatic rings. The van der Waals surface area contributed by atoms with Crippen molar-refractivity contribution in [1.82, 2.24) is 0 Å². The van der Waals surface area contributed by atoms with Crippen LogP contribution in [0.4, 0.5) is 0 Å². The van der Waals surface area contributed by atoms with Crippen LogP contribution in [0.1, 0.15) is 323 Å². The second-order valence-electron chi connectivity index (χ2n) is 21.0. The lowest BCUT2D eigenvalue weighted by Crippen LogP contribution is -2.30. The minimum atomic E-state index is -0.781. The zero-order chi connectivity index (χ0) is 52.2. The Balaban J connectivity index is 4.35. The van der Waals surface area contributed by atoms with Gasteiger partial charge in [-0.15, -0.1) is 0 Å². The average molecular weight is 1010 g/mol. The summed E-state index contributed by atoms with van der Waals surface area (Å²) in [6.07, 6.45) is 76.4. The van der Waals surface area contributed by atoms with Gasteiger partial charge in [-0.2, -0.15) is 0 Å². The van der Waals surface area contributed by atoms with Crippen LogP contribution in [-0.2, 0) is 28.6 Å². The van der Waals surface area contributed by atoms with Crippen LogP contribution >= 0.6 is 0 Å². The molecule has 0 N–H and O–H groups in total. The maximum absolute atomic E-state index is 12.9. The van der Waals surface area contributed by atoms with Crippen molar-refractivity contribution >= 4 is 17.9 Å². The molecule has 0 spiro atoms. The molecule has 0 aliphatic heterocycles. The third kappa shape index (κ3) is 58.0. The minimum Gasteiger partial charge on any atom is -0.462 e. The molecular formula is C66H118O6. The van der Waals surface area contributed by atoms with Crippen molar-refractivity contribution in [2.45, 2.75) is 329 Å². The molecule has 6 nitrogen and oxygen atoms in total. The minimum absolute atomic E-state index is 0.0769. The van der Waals surface area contributed by atoms with Crippen LogP contribution in [0, 0.1) is 0 Å². The van der Waals surface area contributed by atoms with Gasteiger partial charge in [0.2, 0.25) is 0 Å². The predicted molar refractivity (Wildman–Crippen MR) is 312 cm³/mol. The van der Waals surface area contributed by atoms with Crippen molar-refractivity contribution in [3.05, 3.63) is 60.8 Å². The van der Waals surface area contributed by atoms with Gasteiger partial charge in [0.05, 0.1) is 0 Å². The summed E-state index contributed by atoms with van der Waals surface area (Å²) >= 11 is 0. The van der Waals surface area contributed by atoms with E-state index in [1.54, 1.807) is 0 Å². The zero-order valence-corrected chi connectivity index (χ0v) is 47.9. The van der Waals surface area contributed by atoms with Gasteiger partial charge in [0, 0.05) is 19.3 Å². The van der Waals surface area contributed by atoms with Gasteiger partial charge in [0.25, 0.3) is 0 Å². The maximum atomic E-state index is 12.9. The van der Waals surface area contributed by atoms with Crippen LogP contribution in [-0.4, -0.2) is 37.2 Å². The van der Waals surface area contributed by atoms with E-state index >= 15 is 0 Å². The monoisotopic (exact) mass is 1010 g/mol. The Bertz CT molecular complexity index is 1290. The van der Waals surface area contributed by atoms with Crippen molar-refractivity contribution in [2.75, 3.05) is 13.2 Å². The van der Waals surface area contributed by atoms with Gasteiger partial charge in [-0.3, -0.25) is 14.4 Å². The van der Waals surface area contributed by atoms with Crippen LogP contribution in [0.2, 0.25) is 0 Å². The second kappa shape index (κ2) is 60.7. The summed E-state index contributed by atoms with van der Waals surface area (Å²) in [5.41, 5.74) is 0. The van der Waals surface area contributed by atoms with E-state index < -0.39 is 6.10 Å². The van der Waals surface area contributed by atoms with Crippen LogP contribution in [0.15, 0.2) is 60.8 Å². The van der Waals surface area contributed by atoms with E-state index in [2.05, 4.69) is 81.5 Å². The number of hydrogen-bond acceptors (Lipinski definition) is 6. The van der Waals surface area contributed by atoms with E-state index in [-0.39, 0.29) is 31.1 Å². The lowest BCUT2D eigenvalue weighted by Gasteiger charge is -2.18. The lowest BCUT2D eigenvalue weighted by atomic mass is 10.0. The van der Waals surface area contributed by atoms with Crippen molar-refractivity contribution in [3.63, 3.8) is 0 Å². The van der Waals surface area contributed by atoms with Gasteiger partial charge in [-0.05, 0) is 89.9 Å². The molecule has 418 valence electrons. The number of esters is 3. The Hall–Kier alpha value is -2.89. The second-order valence-corrected chi connectivity index (χ2v) is 21.0. The number of allylic oxidation sites excluding steroid dienone is 10. The van der Waals surface area contributed by atoms with E-state index in [9.17, 15) is 14.4 Å². The SMILES string of the molecule is CCCCC/C=C\C/C=C\CCCCCCCCCC(=O)OC(COC(=O)CCCCCCCCCC/C=C\C/C=C\C/C=C\CCCCCCC)COC(=O)CCCCCCCCCCCCCCCC. The first-order valence-electron chi connectivity index (χ1n) is 31.3. The van der Waals surface area contributed by atoms with Gasteiger partial charge in [-0.1, -0.05) is 274 Å². The molecule has 0 bridgehead atoms. The summed E-state index contributed by atoms with van der Waals surface area (Å²) in [4.78, 5) is 38.3. The quantitative estimate of drug-likeness (QED) is 0.0261. The molecule has 0 aliphatic carbocycles. The van der Waals surface area contributed by atoms with Crippen LogP contribution in [0.25, 0.3) is 0 Å². The molecule has 0 rings (SSSR count). The molecule has 0 amide bonds. The number of hydrogen-bond donors (Lipinski definition) is 0. The summed E-state index contributed by atoms with van der Waals surface area (Å²) in [5.74, 6) is -0.876. The van der Waals surface area contributed by atoms with Gasteiger partial charge >= 0.3 is 17.9 Å². The van der Waals surface area contributed by atoms with E-state index in [1.807, 2.05) is 0 Å². The standard InChI is InChI=1S/C66H118O6/c1-4-7-10-13-16-19-22-25-28-30-31-32-33-34-35-37-38-41-44-47-50-53-56-59-65(68)71-62-63(61-70-64(67)58-55-52-49-46-43-40-27-24-21-18-15-12-9-6-3)72-66(69)60-57-54-51-48-45-42-39-36-29-26-23-20-17-14-11-8-5-2/h17,20,22,25-26,29-31,33-34,63H,4-16,18-19,21,23-24,27-28,32,35-62H2,1-3H3/b20-17-,25-22-,29-26-,31-30-,34-33-. The highest BCUT2D eigenvalue weighted by atomic mass is 16.6. The maximum Gasteiger partial charge on any atom is 0.306 e. The number of carbonyl (C=O) groups excluding carboxylic acids is 3. The lowest BCUT2D eigenvalue weighted by molar-refractivity contribution is -0.167. The van der Waals surface area contributed by atoms with Crippen molar-refractivity contribution < 1.29 is 28.6 Å². The van der Waals surface area contributed by atoms with Gasteiger partial charge in [0.1, 0.15) is 13.2 Å². The Morgan fingerprint density at radius 1 is 0.278 bits per heavy atom. The molecule has 1 unspecified atom stereocenters. The van der Waals surface area contributed by atoms with Gasteiger partial charge < -0.3 is 14.2 Å². The van der Waals surface area contributed by atoms with Crippen molar-refractivity contribution in [3.8, 4) is 0 Å². The summed E-state index contributed by atoms with van der Waals surface area (Å²) in [7, 11) is 0. The fraction of sp³-hybridized carbons (Fsp3) is 0.803. The molecule has 0 aromatic carbocycles. The van der Waals surface area contributed by atoms with E-state index in [1.165, 1.54) is 193 Å². The molecule has 72 heavy (non-hydrogen) atoms. The number of unbranched alkanes of at least 4 members (excludes halogenated alkanes) is 36.